The van der Waals surface area contributed by atoms with Gasteiger partial charge in [0.25, 0.3) is 0 Å². The van der Waals surface area contributed by atoms with E-state index in [0.717, 1.165) is 18.8 Å². The summed E-state index contributed by atoms with van der Waals surface area (Å²) in [4.78, 5) is 2.28. The van der Waals surface area contributed by atoms with Crippen molar-refractivity contribution in [3.05, 3.63) is 34.9 Å². The number of β-amino-alcohol motifs (C(OH)–C–C–N with tert-alkyl or cyclic N) is 1. The smallest absolute Gasteiger partial charge is 0.0900 e. The highest BCUT2D eigenvalue weighted by Crippen LogP contribution is 2.20. The van der Waals surface area contributed by atoms with Gasteiger partial charge in [-0.05, 0) is 38.5 Å². The second-order valence-electron chi connectivity index (χ2n) is 6.11. The van der Waals surface area contributed by atoms with E-state index in [2.05, 4.69) is 18.7 Å². The van der Waals surface area contributed by atoms with Gasteiger partial charge in [-0.3, -0.25) is 4.90 Å². The average molecular weight is 328 g/mol. The van der Waals surface area contributed by atoms with E-state index in [1.165, 1.54) is 0 Å². The number of halogens is 1. The highest BCUT2D eigenvalue weighted by molar-refractivity contribution is 6.30. The molecule has 0 amide bonds. The largest absolute Gasteiger partial charge is 0.389 e. The van der Waals surface area contributed by atoms with Crippen molar-refractivity contribution in [1.29, 1.82) is 0 Å². The highest BCUT2D eigenvalue weighted by Gasteiger charge is 2.27. The molecule has 22 heavy (non-hydrogen) atoms. The Bertz CT molecular complexity index is 444. The van der Waals surface area contributed by atoms with Crippen molar-refractivity contribution in [1.82, 2.24) is 4.90 Å². The lowest BCUT2D eigenvalue weighted by atomic mass is 10.1. The van der Waals surface area contributed by atoms with E-state index in [4.69, 9.17) is 21.1 Å². The predicted octanol–water partition coefficient (Wildman–Crippen LogP) is 2.89. The maximum Gasteiger partial charge on any atom is 0.0900 e. The molecule has 1 aliphatic heterocycles. The molecule has 0 aromatic heterocycles. The fourth-order valence-electron chi connectivity index (χ4n) is 2.78. The monoisotopic (exact) mass is 327 g/mol. The third kappa shape index (κ3) is 4.93. The van der Waals surface area contributed by atoms with Crippen LogP contribution in [0, 0.1) is 0 Å². The molecular weight excluding hydrogens is 302 g/mol. The zero-order valence-electron chi connectivity index (χ0n) is 13.5. The molecule has 1 aliphatic rings. The number of ether oxygens (including phenoxy) is 2. The van der Waals surface area contributed by atoms with Crippen LogP contribution >= 0.6 is 11.6 Å². The van der Waals surface area contributed by atoms with Crippen LogP contribution in [0.4, 0.5) is 0 Å². The summed E-state index contributed by atoms with van der Waals surface area (Å²) in [5.41, 5.74) is 1.06. The molecule has 0 spiro atoms. The number of hydrogen-bond acceptors (Lipinski definition) is 4. The lowest BCUT2D eigenvalue weighted by Crippen LogP contribution is -2.52. The minimum atomic E-state index is -0.502. The Morgan fingerprint density at radius 3 is 2.45 bits per heavy atom. The molecule has 0 saturated carbocycles. The lowest BCUT2D eigenvalue weighted by Gasteiger charge is -2.39. The summed E-state index contributed by atoms with van der Waals surface area (Å²) in [5.74, 6) is 0. The number of hydrogen-bond donors (Lipinski definition) is 1. The highest BCUT2D eigenvalue weighted by atomic mass is 35.5. The van der Waals surface area contributed by atoms with Gasteiger partial charge < -0.3 is 14.6 Å². The van der Waals surface area contributed by atoms with E-state index in [9.17, 15) is 5.11 Å². The van der Waals surface area contributed by atoms with Crippen molar-refractivity contribution in [3.63, 3.8) is 0 Å². The van der Waals surface area contributed by atoms with Crippen LogP contribution in [0.5, 0.6) is 0 Å². The summed E-state index contributed by atoms with van der Waals surface area (Å²) >= 11 is 5.88. The summed E-state index contributed by atoms with van der Waals surface area (Å²) in [5, 5.41) is 11.0. The van der Waals surface area contributed by atoms with E-state index in [1.807, 2.05) is 31.2 Å². The van der Waals surface area contributed by atoms with Gasteiger partial charge in [0.2, 0.25) is 0 Å². The summed E-state index contributed by atoms with van der Waals surface area (Å²) in [6.07, 6.45) is -0.566. The van der Waals surface area contributed by atoms with Crippen molar-refractivity contribution in [2.75, 3.05) is 26.4 Å². The number of aliphatic hydroxyl groups excluding tert-OH is 1. The first-order chi connectivity index (χ1) is 10.5. The summed E-state index contributed by atoms with van der Waals surface area (Å²) < 4.78 is 11.3. The Labute approximate surface area is 138 Å². The van der Waals surface area contributed by atoms with Crippen LogP contribution in [0.2, 0.25) is 5.02 Å². The van der Waals surface area contributed by atoms with Crippen molar-refractivity contribution >= 4 is 11.6 Å². The summed E-state index contributed by atoms with van der Waals surface area (Å²) in [6.45, 7) is 8.60. The van der Waals surface area contributed by atoms with Gasteiger partial charge in [0, 0.05) is 23.7 Å². The van der Waals surface area contributed by atoms with Crippen LogP contribution in [-0.4, -0.2) is 54.6 Å². The topological polar surface area (TPSA) is 41.9 Å². The van der Waals surface area contributed by atoms with E-state index in [1.54, 1.807) is 0 Å². The van der Waals surface area contributed by atoms with Crippen LogP contribution in [0.15, 0.2) is 24.3 Å². The summed E-state index contributed by atoms with van der Waals surface area (Å²) in [6, 6.07) is 8.25. The maximum atomic E-state index is 10.2. The molecule has 0 radical (unpaired) electrons. The molecule has 0 bridgehead atoms. The Kier molecular flexibility index (Phi) is 6.66. The minimum absolute atomic E-state index is 0.0635. The fourth-order valence-corrected chi connectivity index (χ4v) is 2.90. The van der Waals surface area contributed by atoms with Gasteiger partial charge in [-0.1, -0.05) is 23.7 Å². The van der Waals surface area contributed by atoms with Gasteiger partial charge in [-0.2, -0.15) is 0 Å². The number of aliphatic hydroxyl groups is 1. The number of nitrogens with zero attached hydrogens (tertiary/aromatic N) is 1. The second-order valence-corrected chi connectivity index (χ2v) is 6.55. The molecular formula is C17H26ClNO3. The van der Waals surface area contributed by atoms with Crippen molar-refractivity contribution in [3.8, 4) is 0 Å². The molecule has 1 fully saturated rings. The zero-order valence-corrected chi connectivity index (χ0v) is 14.3. The third-order valence-electron chi connectivity index (χ3n) is 4.15. The molecule has 124 valence electrons. The normalized spacial score (nSPS) is 25.9. The molecule has 2 rings (SSSR count). The maximum absolute atomic E-state index is 10.2. The number of rotatable bonds is 6. The van der Waals surface area contributed by atoms with Crippen molar-refractivity contribution in [2.45, 2.75) is 45.1 Å². The lowest BCUT2D eigenvalue weighted by molar-refractivity contribution is -0.0715. The molecule has 1 heterocycles. The SMILES string of the molecule is CC(OCC(O)CN1C(C)COCC1C)c1ccc(Cl)cc1. The van der Waals surface area contributed by atoms with Gasteiger partial charge in [0.05, 0.1) is 32.0 Å². The molecule has 5 heteroatoms. The van der Waals surface area contributed by atoms with Gasteiger partial charge in [0.1, 0.15) is 0 Å². The molecule has 1 aromatic carbocycles. The van der Waals surface area contributed by atoms with E-state index in [-0.39, 0.29) is 6.10 Å². The van der Waals surface area contributed by atoms with E-state index in [0.29, 0.717) is 30.3 Å². The van der Waals surface area contributed by atoms with Crippen molar-refractivity contribution < 1.29 is 14.6 Å². The third-order valence-corrected chi connectivity index (χ3v) is 4.40. The number of benzene rings is 1. The van der Waals surface area contributed by atoms with Crippen LogP contribution < -0.4 is 0 Å². The molecule has 4 atom stereocenters. The molecule has 0 aliphatic carbocycles. The first kappa shape index (κ1) is 17.7. The van der Waals surface area contributed by atoms with E-state index < -0.39 is 6.10 Å². The summed E-state index contributed by atoms with van der Waals surface area (Å²) in [7, 11) is 0. The quantitative estimate of drug-likeness (QED) is 0.872. The Balaban J connectivity index is 1.79. The van der Waals surface area contributed by atoms with Gasteiger partial charge in [-0.15, -0.1) is 0 Å². The Hall–Kier alpha value is -0.650. The van der Waals surface area contributed by atoms with Crippen LogP contribution in [0.3, 0.4) is 0 Å². The minimum Gasteiger partial charge on any atom is -0.389 e. The van der Waals surface area contributed by atoms with Crippen LogP contribution in [0.25, 0.3) is 0 Å². The van der Waals surface area contributed by atoms with Crippen LogP contribution in [0.1, 0.15) is 32.4 Å². The second kappa shape index (κ2) is 8.27. The van der Waals surface area contributed by atoms with Gasteiger partial charge in [-0.25, -0.2) is 0 Å². The van der Waals surface area contributed by atoms with Crippen molar-refractivity contribution in [2.24, 2.45) is 0 Å². The standard InChI is InChI=1S/C17H26ClNO3/c1-12-9-21-10-13(2)19(12)8-17(20)11-22-14(3)15-4-6-16(18)7-5-15/h4-7,12-14,17,20H,8-11H2,1-3H3. The molecule has 4 unspecified atom stereocenters. The Morgan fingerprint density at radius 1 is 1.27 bits per heavy atom. The van der Waals surface area contributed by atoms with Crippen LogP contribution in [-0.2, 0) is 9.47 Å². The molecule has 4 nitrogen and oxygen atoms in total. The predicted molar refractivity (Wildman–Crippen MR) is 88.3 cm³/mol. The Morgan fingerprint density at radius 2 is 1.86 bits per heavy atom. The van der Waals surface area contributed by atoms with Gasteiger partial charge in [0.15, 0.2) is 0 Å². The molecule has 1 saturated heterocycles. The molecule has 1 N–H and O–H groups in total. The average Bonchev–Trinajstić information content (AvgIpc) is 2.49. The van der Waals surface area contributed by atoms with Gasteiger partial charge >= 0.3 is 0 Å². The van der Waals surface area contributed by atoms with E-state index >= 15 is 0 Å². The first-order valence-corrected chi connectivity index (χ1v) is 8.23. The molecule has 1 aromatic rings. The first-order valence-electron chi connectivity index (χ1n) is 7.86. The number of morpholine rings is 1. The zero-order chi connectivity index (χ0) is 16.1. The fraction of sp³-hybridized carbons (Fsp3) is 0.647.